The van der Waals surface area contributed by atoms with Crippen molar-refractivity contribution in [3.8, 4) is 0 Å². The minimum Gasteiger partial charge on any atom is -0.405 e. The van der Waals surface area contributed by atoms with Crippen LogP contribution in [-0.2, 0) is 9.22 Å². The first-order valence-corrected chi connectivity index (χ1v) is 9.23. The van der Waals surface area contributed by atoms with Crippen molar-refractivity contribution in [1.29, 1.82) is 0 Å². The van der Waals surface area contributed by atoms with Crippen LogP contribution < -0.4 is 0 Å². The van der Waals surface area contributed by atoms with E-state index in [1.807, 2.05) is 25.9 Å². The summed E-state index contributed by atoms with van der Waals surface area (Å²) >= 11 is 0. The second-order valence-electron chi connectivity index (χ2n) is 6.41. The van der Waals surface area contributed by atoms with Crippen molar-refractivity contribution in [2.24, 2.45) is 4.99 Å². The Hall–Kier alpha value is -0.683. The minimum absolute atomic E-state index is 0.0991. The van der Waals surface area contributed by atoms with E-state index in [0.29, 0.717) is 5.84 Å². The molecule has 0 unspecified atom stereocenters. The molecule has 106 valence electrons. The molecule has 5 heteroatoms. The number of amides is 1. The predicted molar refractivity (Wildman–Crippen MR) is 79.5 cm³/mol. The molecule has 0 N–H and O–H groups in total. The van der Waals surface area contributed by atoms with Crippen LogP contribution in [0, 0.1) is 0 Å². The number of amidine groups is 1. The Balaban J connectivity index is 4.75. The fourth-order valence-corrected chi connectivity index (χ4v) is 2.36. The lowest BCUT2D eigenvalue weighted by Gasteiger charge is -2.37. The van der Waals surface area contributed by atoms with Crippen molar-refractivity contribution in [3.63, 3.8) is 0 Å². The third-order valence-corrected chi connectivity index (χ3v) is 8.10. The summed E-state index contributed by atoms with van der Waals surface area (Å²) in [5.41, 5.74) is 0. The summed E-state index contributed by atoms with van der Waals surface area (Å²) in [6.07, 6.45) is -0.471. The van der Waals surface area contributed by atoms with Gasteiger partial charge >= 0.3 is 0 Å². The second kappa shape index (κ2) is 5.97. The van der Waals surface area contributed by atoms with Gasteiger partial charge in [-0.1, -0.05) is 20.8 Å². The van der Waals surface area contributed by atoms with E-state index in [2.05, 4.69) is 38.9 Å². The lowest BCUT2D eigenvalue weighted by molar-refractivity contribution is -0.124. The van der Waals surface area contributed by atoms with Gasteiger partial charge in [0.15, 0.2) is 8.32 Å². The van der Waals surface area contributed by atoms with Gasteiger partial charge in [-0.2, -0.15) is 4.99 Å². The van der Waals surface area contributed by atoms with Crippen LogP contribution in [0.15, 0.2) is 4.99 Å². The first kappa shape index (κ1) is 17.3. The summed E-state index contributed by atoms with van der Waals surface area (Å²) < 4.78 is 6.01. The zero-order valence-electron chi connectivity index (χ0n) is 13.3. The standard InChI is InChI=1S/C13H28N2O2Si/c1-10(12(16)14-11(2)15(6)7)17-18(8,9)13(3,4)5/h10H,1-9H3/b14-11-/t10-/m0/s1. The Kier molecular flexibility index (Phi) is 5.75. The van der Waals surface area contributed by atoms with Crippen molar-refractivity contribution in [3.05, 3.63) is 0 Å². The van der Waals surface area contributed by atoms with Crippen LogP contribution in [0.2, 0.25) is 18.1 Å². The number of carbonyl (C=O) groups is 1. The molecule has 0 saturated heterocycles. The van der Waals surface area contributed by atoms with E-state index in [-0.39, 0.29) is 10.9 Å². The van der Waals surface area contributed by atoms with Gasteiger partial charge in [0.05, 0.1) is 0 Å². The zero-order chi connectivity index (χ0) is 14.7. The van der Waals surface area contributed by atoms with E-state index >= 15 is 0 Å². The average Bonchev–Trinajstić information content (AvgIpc) is 2.14. The Morgan fingerprint density at radius 1 is 1.28 bits per heavy atom. The largest absolute Gasteiger partial charge is 0.405 e. The second-order valence-corrected chi connectivity index (χ2v) is 11.2. The quantitative estimate of drug-likeness (QED) is 0.451. The molecule has 0 bridgehead atoms. The molecule has 0 heterocycles. The maximum atomic E-state index is 11.9. The van der Waals surface area contributed by atoms with Crippen LogP contribution in [0.4, 0.5) is 0 Å². The van der Waals surface area contributed by atoms with Gasteiger partial charge in [-0.05, 0) is 32.0 Å². The highest BCUT2D eigenvalue weighted by molar-refractivity contribution is 6.74. The van der Waals surface area contributed by atoms with Crippen molar-refractivity contribution in [1.82, 2.24) is 4.90 Å². The van der Waals surface area contributed by atoms with E-state index in [1.165, 1.54) is 0 Å². The number of aliphatic imine (C=N–C) groups is 1. The summed E-state index contributed by atoms with van der Waals surface area (Å²) in [7, 11) is 1.82. The molecule has 0 aliphatic heterocycles. The molecule has 0 aliphatic carbocycles. The molecule has 1 atom stereocenters. The zero-order valence-corrected chi connectivity index (χ0v) is 14.3. The minimum atomic E-state index is -1.91. The highest BCUT2D eigenvalue weighted by Gasteiger charge is 2.39. The molecule has 4 nitrogen and oxygen atoms in total. The molecule has 0 aromatic heterocycles. The molecule has 1 amide bonds. The molecule has 0 aliphatic rings. The fraction of sp³-hybridized carbons (Fsp3) is 0.846. The molecule has 0 radical (unpaired) electrons. The summed E-state index contributed by atoms with van der Waals surface area (Å²) in [4.78, 5) is 17.8. The van der Waals surface area contributed by atoms with Crippen molar-refractivity contribution < 1.29 is 9.22 Å². The van der Waals surface area contributed by atoms with Crippen molar-refractivity contribution in [2.75, 3.05) is 14.1 Å². The van der Waals surface area contributed by atoms with Gasteiger partial charge in [0.2, 0.25) is 0 Å². The fourth-order valence-electron chi connectivity index (χ4n) is 1.02. The molecule has 0 spiro atoms. The van der Waals surface area contributed by atoms with Crippen LogP contribution in [0.5, 0.6) is 0 Å². The molecule has 0 fully saturated rings. The van der Waals surface area contributed by atoms with Gasteiger partial charge in [0.25, 0.3) is 5.91 Å². The molecule has 18 heavy (non-hydrogen) atoms. The number of rotatable bonds is 3. The molecular formula is C13H28N2O2Si. The predicted octanol–water partition coefficient (Wildman–Crippen LogP) is 2.90. The molecular weight excluding hydrogens is 244 g/mol. The van der Waals surface area contributed by atoms with Crippen LogP contribution in [-0.4, -0.2) is 45.2 Å². The smallest absolute Gasteiger partial charge is 0.274 e. The third kappa shape index (κ3) is 4.90. The number of carbonyl (C=O) groups excluding carboxylic acids is 1. The molecule has 0 aromatic carbocycles. The lowest BCUT2D eigenvalue weighted by atomic mass is 10.2. The topological polar surface area (TPSA) is 41.9 Å². The van der Waals surface area contributed by atoms with Crippen LogP contribution in [0.3, 0.4) is 0 Å². The maximum Gasteiger partial charge on any atom is 0.274 e. The molecule has 0 saturated carbocycles. The third-order valence-electron chi connectivity index (χ3n) is 3.54. The molecule has 0 aromatic rings. The van der Waals surface area contributed by atoms with Gasteiger partial charge in [-0.25, -0.2) is 0 Å². The van der Waals surface area contributed by atoms with E-state index in [9.17, 15) is 4.79 Å². The Labute approximate surface area is 113 Å². The number of hydrogen-bond acceptors (Lipinski definition) is 2. The van der Waals surface area contributed by atoms with E-state index in [4.69, 9.17) is 4.43 Å². The molecule has 0 rings (SSSR count). The maximum absolute atomic E-state index is 11.9. The van der Waals surface area contributed by atoms with E-state index in [1.54, 1.807) is 6.92 Å². The summed E-state index contributed by atoms with van der Waals surface area (Å²) in [5.74, 6) is 0.497. The van der Waals surface area contributed by atoms with Crippen molar-refractivity contribution >= 4 is 20.1 Å². The van der Waals surface area contributed by atoms with Crippen LogP contribution >= 0.6 is 0 Å². The number of nitrogens with zero attached hydrogens (tertiary/aromatic N) is 2. The first-order chi connectivity index (χ1) is 7.88. The van der Waals surface area contributed by atoms with Gasteiger partial charge in [-0.3, -0.25) is 4.79 Å². The van der Waals surface area contributed by atoms with E-state index < -0.39 is 14.4 Å². The Morgan fingerprint density at radius 2 is 1.72 bits per heavy atom. The summed E-state index contributed by atoms with van der Waals surface area (Å²) in [5, 5.41) is 0.0991. The Bertz CT molecular complexity index is 330. The van der Waals surface area contributed by atoms with E-state index in [0.717, 1.165) is 0 Å². The highest BCUT2D eigenvalue weighted by atomic mass is 28.4. The SMILES string of the molecule is C/C(=N/C(=O)[C@H](C)O[Si](C)(C)C(C)(C)C)N(C)C. The van der Waals surface area contributed by atoms with Gasteiger partial charge in [0.1, 0.15) is 11.9 Å². The summed E-state index contributed by atoms with van der Waals surface area (Å²) in [6, 6.07) is 0. The lowest BCUT2D eigenvalue weighted by Crippen LogP contribution is -2.45. The first-order valence-electron chi connectivity index (χ1n) is 6.33. The monoisotopic (exact) mass is 272 g/mol. The summed E-state index contributed by atoms with van der Waals surface area (Å²) in [6.45, 7) is 14.4. The van der Waals surface area contributed by atoms with Crippen LogP contribution in [0.1, 0.15) is 34.6 Å². The number of hydrogen-bond donors (Lipinski definition) is 0. The highest BCUT2D eigenvalue weighted by Crippen LogP contribution is 2.37. The van der Waals surface area contributed by atoms with Gasteiger partial charge in [0, 0.05) is 14.1 Å². The van der Waals surface area contributed by atoms with Gasteiger partial charge in [-0.15, -0.1) is 0 Å². The normalized spacial score (nSPS) is 15.5. The van der Waals surface area contributed by atoms with Crippen LogP contribution in [0.25, 0.3) is 0 Å². The average molecular weight is 272 g/mol. The van der Waals surface area contributed by atoms with Crippen molar-refractivity contribution in [2.45, 2.75) is 58.9 Å². The Morgan fingerprint density at radius 3 is 2.06 bits per heavy atom. The van der Waals surface area contributed by atoms with Gasteiger partial charge < -0.3 is 9.33 Å².